The molecule has 140 valence electrons. The van der Waals surface area contributed by atoms with Crippen LogP contribution in [0.3, 0.4) is 0 Å². The Bertz CT molecular complexity index is 1280. The summed E-state index contributed by atoms with van der Waals surface area (Å²) < 4.78 is 7.41. The lowest BCUT2D eigenvalue weighted by molar-refractivity contribution is 0.0977. The molecule has 0 spiro atoms. The van der Waals surface area contributed by atoms with Crippen molar-refractivity contribution in [1.82, 2.24) is 4.57 Å². The normalized spacial score (nSPS) is 13.8. The van der Waals surface area contributed by atoms with E-state index in [1.165, 1.54) is 5.56 Å². The topological polar surface area (TPSA) is 55.5 Å². The minimum absolute atomic E-state index is 0.0753. The monoisotopic (exact) mass is 372 g/mol. The van der Waals surface area contributed by atoms with E-state index in [0.29, 0.717) is 29.8 Å². The van der Waals surface area contributed by atoms with Gasteiger partial charge in [-0.25, -0.2) is 4.79 Å². The molecule has 4 aromatic rings. The lowest BCUT2D eigenvalue weighted by Crippen LogP contribution is -2.36. The van der Waals surface area contributed by atoms with Crippen LogP contribution in [0.4, 0.5) is 5.69 Å². The van der Waals surface area contributed by atoms with Gasteiger partial charge in [0.05, 0.1) is 10.9 Å². The number of carbonyl (C=O) groups is 1. The number of nitrogens with zero attached hydrogens (tertiary/aromatic N) is 2. The fourth-order valence-corrected chi connectivity index (χ4v) is 4.29. The molecule has 28 heavy (non-hydrogen) atoms. The number of benzene rings is 2. The van der Waals surface area contributed by atoms with E-state index in [2.05, 4.69) is 6.07 Å². The van der Waals surface area contributed by atoms with E-state index in [-0.39, 0.29) is 5.91 Å². The van der Waals surface area contributed by atoms with Gasteiger partial charge in [0.25, 0.3) is 5.91 Å². The number of amides is 1. The molecule has 0 N–H and O–H groups in total. The highest BCUT2D eigenvalue weighted by molar-refractivity contribution is 6.11. The Balaban J connectivity index is 1.74. The van der Waals surface area contributed by atoms with E-state index < -0.39 is 5.63 Å². The summed E-state index contributed by atoms with van der Waals surface area (Å²) in [5, 5.41) is 1.30. The average molecular weight is 372 g/mol. The molecule has 1 amide bonds. The van der Waals surface area contributed by atoms with E-state index in [1.807, 2.05) is 52.8 Å². The summed E-state index contributed by atoms with van der Waals surface area (Å²) in [5.74, 6) is -0.0753. The maximum atomic E-state index is 13.5. The lowest BCUT2D eigenvalue weighted by Gasteiger charge is -2.29. The molecule has 0 unspecified atom stereocenters. The van der Waals surface area contributed by atoms with Crippen molar-refractivity contribution < 1.29 is 9.21 Å². The molecule has 2 aromatic heterocycles. The van der Waals surface area contributed by atoms with Crippen LogP contribution in [0.1, 0.15) is 29.4 Å². The fourth-order valence-electron chi connectivity index (χ4n) is 4.29. The maximum Gasteiger partial charge on any atom is 0.345 e. The fraction of sp³-hybridized carbons (Fsp3) is 0.217. The van der Waals surface area contributed by atoms with Gasteiger partial charge in [0.15, 0.2) is 0 Å². The van der Waals surface area contributed by atoms with E-state index in [1.54, 1.807) is 12.1 Å². The third-order valence-corrected chi connectivity index (χ3v) is 5.55. The number of anilines is 1. The van der Waals surface area contributed by atoms with E-state index >= 15 is 0 Å². The molecule has 1 aliphatic heterocycles. The highest BCUT2D eigenvalue weighted by atomic mass is 16.4. The van der Waals surface area contributed by atoms with Crippen LogP contribution in [0.2, 0.25) is 0 Å². The first-order valence-electron chi connectivity index (χ1n) is 9.64. The van der Waals surface area contributed by atoms with Crippen molar-refractivity contribution in [3.63, 3.8) is 0 Å². The van der Waals surface area contributed by atoms with Crippen molar-refractivity contribution in [2.45, 2.75) is 26.3 Å². The highest BCUT2D eigenvalue weighted by Gasteiger charge is 2.27. The van der Waals surface area contributed by atoms with Gasteiger partial charge in [0, 0.05) is 24.2 Å². The molecule has 0 saturated heterocycles. The molecule has 3 heterocycles. The third-order valence-electron chi connectivity index (χ3n) is 5.55. The van der Waals surface area contributed by atoms with Crippen LogP contribution in [0.15, 0.2) is 63.8 Å². The van der Waals surface area contributed by atoms with Crippen molar-refractivity contribution in [2.75, 3.05) is 11.4 Å². The van der Waals surface area contributed by atoms with Crippen LogP contribution in [-0.4, -0.2) is 17.0 Å². The molecule has 1 aliphatic rings. The van der Waals surface area contributed by atoms with Gasteiger partial charge in [0.2, 0.25) is 0 Å². The molecular formula is C23H20N2O3. The molecule has 0 fully saturated rings. The second-order valence-corrected chi connectivity index (χ2v) is 7.11. The number of hydrogen-bond donors (Lipinski definition) is 0. The number of aromatic nitrogens is 1. The van der Waals surface area contributed by atoms with Crippen molar-refractivity contribution in [1.29, 1.82) is 0 Å². The number of hydrogen-bond acceptors (Lipinski definition) is 3. The Kier molecular flexibility index (Phi) is 3.83. The summed E-state index contributed by atoms with van der Waals surface area (Å²) in [4.78, 5) is 27.9. The van der Waals surface area contributed by atoms with Crippen molar-refractivity contribution in [3.8, 4) is 0 Å². The zero-order valence-corrected chi connectivity index (χ0v) is 15.6. The number of para-hydroxylation sites is 2. The zero-order valence-electron chi connectivity index (χ0n) is 15.6. The van der Waals surface area contributed by atoms with E-state index in [0.717, 1.165) is 29.4 Å². The van der Waals surface area contributed by atoms with E-state index in [4.69, 9.17) is 4.42 Å². The largest absolute Gasteiger partial charge is 0.422 e. The molecule has 5 heteroatoms. The van der Waals surface area contributed by atoms with Gasteiger partial charge in [0.1, 0.15) is 11.3 Å². The Hall–Kier alpha value is -3.34. The summed E-state index contributed by atoms with van der Waals surface area (Å²) in [6, 6.07) is 17.2. The standard InChI is InChI=1S/C23H20N2O3/c1-2-24-19(22(26)25-13-7-9-15-8-3-5-11-18(15)25)14-17-21(24)16-10-4-6-12-20(16)28-23(17)27/h3-6,8,10-12,14H,2,7,9,13H2,1H3. The summed E-state index contributed by atoms with van der Waals surface area (Å²) >= 11 is 0. The minimum atomic E-state index is -0.408. The summed E-state index contributed by atoms with van der Waals surface area (Å²) in [6.07, 6.45) is 1.91. The summed E-state index contributed by atoms with van der Waals surface area (Å²) in [6.45, 7) is 3.26. The highest BCUT2D eigenvalue weighted by Crippen LogP contribution is 2.31. The number of carbonyl (C=O) groups excluding carboxylic acids is 1. The van der Waals surface area contributed by atoms with Gasteiger partial charge in [-0.3, -0.25) is 4.79 Å². The second kappa shape index (κ2) is 6.37. The van der Waals surface area contributed by atoms with Gasteiger partial charge in [-0.1, -0.05) is 30.3 Å². The Labute approximate surface area is 161 Å². The second-order valence-electron chi connectivity index (χ2n) is 7.11. The van der Waals surface area contributed by atoms with Gasteiger partial charge in [-0.15, -0.1) is 0 Å². The molecule has 0 bridgehead atoms. The predicted octanol–water partition coefficient (Wildman–Crippen LogP) is 4.36. The molecule has 0 saturated carbocycles. The first-order chi connectivity index (χ1) is 13.7. The molecule has 0 radical (unpaired) electrons. The number of rotatable bonds is 2. The number of aryl methyl sites for hydroxylation is 2. The minimum Gasteiger partial charge on any atom is -0.422 e. The molecular weight excluding hydrogens is 352 g/mol. The van der Waals surface area contributed by atoms with Gasteiger partial charge in [-0.05, 0) is 49.6 Å². The first kappa shape index (κ1) is 16.8. The molecule has 2 aromatic carbocycles. The van der Waals surface area contributed by atoms with Crippen LogP contribution >= 0.6 is 0 Å². The van der Waals surface area contributed by atoms with Crippen LogP contribution in [0, 0.1) is 0 Å². The lowest BCUT2D eigenvalue weighted by atomic mass is 10.0. The summed E-state index contributed by atoms with van der Waals surface area (Å²) in [5.41, 5.74) is 3.57. The molecule has 5 nitrogen and oxygen atoms in total. The first-order valence-corrected chi connectivity index (χ1v) is 9.64. The summed E-state index contributed by atoms with van der Waals surface area (Å²) in [7, 11) is 0. The Morgan fingerprint density at radius 1 is 1.07 bits per heavy atom. The quantitative estimate of drug-likeness (QED) is 0.491. The van der Waals surface area contributed by atoms with Gasteiger partial charge >= 0.3 is 5.63 Å². The van der Waals surface area contributed by atoms with Crippen molar-refractivity contribution >= 4 is 33.5 Å². The third kappa shape index (κ3) is 2.39. The SMILES string of the molecule is CCn1c(C(=O)N2CCCc3ccccc32)cc2c(=O)oc3ccccc3c21. The maximum absolute atomic E-state index is 13.5. The van der Waals surface area contributed by atoms with Gasteiger partial charge < -0.3 is 13.9 Å². The van der Waals surface area contributed by atoms with Gasteiger partial charge in [-0.2, -0.15) is 0 Å². The molecule has 5 rings (SSSR count). The van der Waals surface area contributed by atoms with Crippen LogP contribution < -0.4 is 10.5 Å². The average Bonchev–Trinajstić information content (AvgIpc) is 3.13. The Morgan fingerprint density at radius 2 is 1.86 bits per heavy atom. The predicted molar refractivity (Wildman–Crippen MR) is 110 cm³/mol. The van der Waals surface area contributed by atoms with Crippen molar-refractivity contribution in [3.05, 3.63) is 76.3 Å². The molecule has 0 atom stereocenters. The Morgan fingerprint density at radius 3 is 2.71 bits per heavy atom. The smallest absolute Gasteiger partial charge is 0.345 e. The molecule has 0 aliphatic carbocycles. The van der Waals surface area contributed by atoms with Crippen LogP contribution in [0.25, 0.3) is 21.9 Å². The van der Waals surface area contributed by atoms with Crippen LogP contribution in [-0.2, 0) is 13.0 Å². The number of fused-ring (bicyclic) bond motifs is 4. The van der Waals surface area contributed by atoms with E-state index in [9.17, 15) is 9.59 Å². The zero-order chi connectivity index (χ0) is 19.3. The van der Waals surface area contributed by atoms with Crippen LogP contribution in [0.5, 0.6) is 0 Å². The van der Waals surface area contributed by atoms with Crippen molar-refractivity contribution in [2.24, 2.45) is 0 Å².